The average Bonchev–Trinajstić information content (AvgIpc) is 2.47. The molecule has 4 nitrogen and oxygen atoms in total. The topological polar surface area (TPSA) is 57.4 Å². The number of pyridine rings is 1. The van der Waals surface area contributed by atoms with Crippen molar-refractivity contribution in [1.82, 2.24) is 4.98 Å². The molecule has 1 aliphatic heterocycles. The Morgan fingerprint density at radius 1 is 1.17 bits per heavy atom. The van der Waals surface area contributed by atoms with Crippen LogP contribution in [0.15, 0.2) is 18.2 Å². The predicted molar refractivity (Wildman–Crippen MR) is 72.0 cm³/mol. The molecule has 1 atom stereocenters. The van der Waals surface area contributed by atoms with Crippen LogP contribution in [0.1, 0.15) is 45.0 Å². The first-order valence-electron chi connectivity index (χ1n) is 6.28. The first-order valence-corrected chi connectivity index (χ1v) is 6.28. The van der Waals surface area contributed by atoms with E-state index >= 15 is 0 Å². The summed E-state index contributed by atoms with van der Waals surface area (Å²) in [7, 11) is -0.454. The highest BCUT2D eigenvalue weighted by Gasteiger charge is 2.53. The van der Waals surface area contributed by atoms with Gasteiger partial charge in [0.15, 0.2) is 0 Å². The van der Waals surface area contributed by atoms with Crippen LogP contribution >= 0.6 is 0 Å². The van der Waals surface area contributed by atoms with Gasteiger partial charge in [0.2, 0.25) is 0 Å². The maximum atomic E-state index is 6.20. The molecule has 0 bridgehead atoms. The van der Waals surface area contributed by atoms with Crippen LogP contribution in [0.2, 0.25) is 0 Å². The minimum absolute atomic E-state index is 0.362. The summed E-state index contributed by atoms with van der Waals surface area (Å²) in [5, 5.41) is 0. The Morgan fingerprint density at radius 2 is 1.72 bits per heavy atom. The van der Waals surface area contributed by atoms with E-state index in [-0.39, 0.29) is 17.1 Å². The van der Waals surface area contributed by atoms with E-state index in [9.17, 15) is 0 Å². The largest absolute Gasteiger partial charge is 0.482 e. The lowest BCUT2D eigenvalue weighted by Crippen LogP contribution is -2.41. The number of nitrogens with zero attached hydrogens (tertiary/aromatic N) is 1. The first-order chi connectivity index (χ1) is 8.23. The quantitative estimate of drug-likeness (QED) is 0.813. The van der Waals surface area contributed by atoms with Gasteiger partial charge in [0.1, 0.15) is 0 Å². The van der Waals surface area contributed by atoms with E-state index in [0.717, 1.165) is 11.4 Å². The molecule has 0 radical (unpaired) electrons. The number of hydrogen-bond donors (Lipinski definition) is 1. The zero-order valence-corrected chi connectivity index (χ0v) is 11.7. The van der Waals surface area contributed by atoms with Gasteiger partial charge in [-0.2, -0.15) is 0 Å². The Morgan fingerprint density at radius 3 is 2.22 bits per heavy atom. The maximum Gasteiger partial charge on any atom is 0.482 e. The number of rotatable bonds is 2. The van der Waals surface area contributed by atoms with Gasteiger partial charge in [-0.05, 0) is 46.8 Å². The Bertz CT molecular complexity index is 432. The molecule has 2 N–H and O–H groups in total. The van der Waals surface area contributed by atoms with Gasteiger partial charge in [0.25, 0.3) is 0 Å². The predicted octanol–water partition coefficient (Wildman–Crippen LogP) is 2.02. The molecule has 2 heterocycles. The molecule has 0 spiro atoms. The molecule has 18 heavy (non-hydrogen) atoms. The van der Waals surface area contributed by atoms with Gasteiger partial charge in [-0.3, -0.25) is 4.98 Å². The van der Waals surface area contributed by atoms with E-state index in [0.29, 0.717) is 0 Å². The highest BCUT2D eigenvalue weighted by Crippen LogP contribution is 2.39. The number of aryl methyl sites for hydroxylation is 1. The summed E-state index contributed by atoms with van der Waals surface area (Å²) < 4.78 is 11.9. The van der Waals surface area contributed by atoms with Crippen molar-refractivity contribution < 1.29 is 9.31 Å². The first kappa shape index (κ1) is 13.5. The van der Waals surface area contributed by atoms with Gasteiger partial charge in [-0.15, -0.1) is 0 Å². The lowest BCUT2D eigenvalue weighted by molar-refractivity contribution is 0.00578. The lowest BCUT2D eigenvalue weighted by Gasteiger charge is -2.32. The van der Waals surface area contributed by atoms with Crippen molar-refractivity contribution in [2.24, 2.45) is 5.73 Å². The molecule has 1 fully saturated rings. The van der Waals surface area contributed by atoms with Crippen molar-refractivity contribution in [3.63, 3.8) is 0 Å². The van der Waals surface area contributed by atoms with E-state index in [1.54, 1.807) is 0 Å². The summed E-state index contributed by atoms with van der Waals surface area (Å²) in [5.41, 5.74) is 7.22. The van der Waals surface area contributed by atoms with E-state index < -0.39 is 7.12 Å². The van der Waals surface area contributed by atoms with Crippen LogP contribution in [-0.4, -0.2) is 23.3 Å². The van der Waals surface area contributed by atoms with Crippen LogP contribution in [0.25, 0.3) is 0 Å². The average molecular weight is 248 g/mol. The number of aromatic nitrogens is 1. The van der Waals surface area contributed by atoms with Gasteiger partial charge in [0.05, 0.1) is 22.8 Å². The smallest absolute Gasteiger partial charge is 0.402 e. The SMILES string of the molecule is Cc1cccc([C@H](N)B2OC(C)(C)C(C)(C)O2)n1. The third-order valence-corrected chi connectivity index (χ3v) is 3.82. The molecular weight excluding hydrogens is 227 g/mol. The molecule has 0 saturated carbocycles. The van der Waals surface area contributed by atoms with Gasteiger partial charge in [0, 0.05) is 5.69 Å². The molecule has 1 aromatic rings. The second kappa shape index (κ2) is 4.33. The molecule has 1 saturated heterocycles. The monoisotopic (exact) mass is 248 g/mol. The van der Waals surface area contributed by atoms with Gasteiger partial charge < -0.3 is 15.0 Å². The second-order valence-corrected chi connectivity index (χ2v) is 5.85. The fourth-order valence-electron chi connectivity index (χ4n) is 1.92. The summed E-state index contributed by atoms with van der Waals surface area (Å²) in [6.07, 6.45) is 0. The summed E-state index contributed by atoms with van der Waals surface area (Å²) >= 11 is 0. The maximum absolute atomic E-state index is 6.20. The van der Waals surface area contributed by atoms with Gasteiger partial charge in [-0.1, -0.05) is 6.07 Å². The van der Waals surface area contributed by atoms with Crippen molar-refractivity contribution >= 4 is 7.12 Å². The highest BCUT2D eigenvalue weighted by molar-refractivity contribution is 6.47. The third-order valence-electron chi connectivity index (χ3n) is 3.82. The summed E-state index contributed by atoms with van der Waals surface area (Å²) in [6, 6.07) is 5.80. The fourth-order valence-corrected chi connectivity index (χ4v) is 1.92. The Labute approximate surface area is 109 Å². The molecular formula is C13H21BN2O2. The molecule has 0 aliphatic carbocycles. The summed E-state index contributed by atoms with van der Waals surface area (Å²) in [6.45, 7) is 10.0. The van der Waals surface area contributed by atoms with Gasteiger partial charge >= 0.3 is 7.12 Å². The van der Waals surface area contributed by atoms with Crippen LogP contribution in [0, 0.1) is 6.92 Å². The Hall–Kier alpha value is -0.905. The number of nitrogens with two attached hydrogens (primary N) is 1. The van der Waals surface area contributed by atoms with Crippen LogP contribution in [0.5, 0.6) is 0 Å². The van der Waals surface area contributed by atoms with E-state index in [1.807, 2.05) is 52.8 Å². The molecule has 2 rings (SSSR count). The van der Waals surface area contributed by atoms with E-state index in [1.165, 1.54) is 0 Å². The minimum Gasteiger partial charge on any atom is -0.402 e. The lowest BCUT2D eigenvalue weighted by atomic mass is 9.77. The molecule has 1 aromatic heterocycles. The van der Waals surface area contributed by atoms with Crippen LogP contribution in [0.4, 0.5) is 0 Å². The van der Waals surface area contributed by atoms with Crippen LogP contribution in [-0.2, 0) is 9.31 Å². The molecule has 0 amide bonds. The van der Waals surface area contributed by atoms with Crippen LogP contribution < -0.4 is 5.73 Å². The standard InChI is InChI=1S/C13H21BN2O2/c1-9-7-6-8-10(16-9)11(15)14-17-12(2,3)13(4,5)18-14/h6-8,11H,15H2,1-5H3/t11-/m0/s1. The van der Waals surface area contributed by atoms with Crippen LogP contribution in [0.3, 0.4) is 0 Å². The fraction of sp³-hybridized carbons (Fsp3) is 0.615. The Balaban J connectivity index is 2.20. The third kappa shape index (κ3) is 2.30. The van der Waals surface area contributed by atoms with Gasteiger partial charge in [-0.25, -0.2) is 0 Å². The molecule has 0 unspecified atom stereocenters. The molecule has 0 aromatic carbocycles. The van der Waals surface area contributed by atoms with Crippen molar-refractivity contribution in [3.8, 4) is 0 Å². The molecule has 98 valence electrons. The number of hydrogen-bond acceptors (Lipinski definition) is 4. The van der Waals surface area contributed by atoms with Crippen molar-refractivity contribution in [3.05, 3.63) is 29.6 Å². The minimum atomic E-state index is -0.454. The van der Waals surface area contributed by atoms with Crippen molar-refractivity contribution in [1.29, 1.82) is 0 Å². The zero-order chi connectivity index (χ0) is 13.6. The molecule has 1 aliphatic rings. The summed E-state index contributed by atoms with van der Waals surface area (Å²) in [5.74, 6) is -0.369. The molecule has 5 heteroatoms. The van der Waals surface area contributed by atoms with E-state index in [2.05, 4.69) is 4.98 Å². The van der Waals surface area contributed by atoms with E-state index in [4.69, 9.17) is 15.0 Å². The summed E-state index contributed by atoms with van der Waals surface area (Å²) in [4.78, 5) is 4.43. The normalized spacial score (nSPS) is 23.1. The second-order valence-electron chi connectivity index (χ2n) is 5.85. The highest BCUT2D eigenvalue weighted by atomic mass is 16.7. The Kier molecular flexibility index (Phi) is 3.26. The zero-order valence-electron chi connectivity index (χ0n) is 11.7. The van der Waals surface area contributed by atoms with Crippen molar-refractivity contribution in [2.45, 2.75) is 51.8 Å². The van der Waals surface area contributed by atoms with Crippen molar-refractivity contribution in [2.75, 3.05) is 0 Å².